The fourth-order valence-corrected chi connectivity index (χ4v) is 4.71. The zero-order chi connectivity index (χ0) is 24.9. The molecule has 0 saturated heterocycles. The molecule has 0 saturated carbocycles. The number of ether oxygens (including phenoxy) is 1. The van der Waals surface area contributed by atoms with Crippen LogP contribution in [-0.4, -0.2) is 40.9 Å². The van der Waals surface area contributed by atoms with E-state index in [9.17, 15) is 4.79 Å². The number of nitrogens with two attached hydrogens (primary N) is 1. The lowest BCUT2D eigenvalue weighted by Gasteiger charge is -2.27. The number of carbonyl (C=O) groups is 1. The average molecular weight is 497 g/mol. The van der Waals surface area contributed by atoms with Crippen LogP contribution in [-0.2, 0) is 4.79 Å². The molecule has 8 nitrogen and oxygen atoms in total. The molecule has 3 aromatic rings. The zero-order valence-electron chi connectivity index (χ0n) is 20.4. The predicted octanol–water partition coefficient (Wildman–Crippen LogP) is 3.85. The maximum atomic E-state index is 13.2. The van der Waals surface area contributed by atoms with Gasteiger partial charge in [0.2, 0.25) is 5.91 Å². The number of hydrogen-bond donors (Lipinski definition) is 3. The second-order valence-corrected chi connectivity index (χ2v) is 9.36. The number of hydrogen-bond acceptors (Lipinski definition) is 6. The van der Waals surface area contributed by atoms with Gasteiger partial charge in [0.1, 0.15) is 11.6 Å². The third-order valence-electron chi connectivity index (χ3n) is 6.56. The predicted molar refractivity (Wildman–Crippen MR) is 137 cm³/mol. The molecule has 9 heteroatoms. The molecule has 0 spiro atoms. The topological polar surface area (TPSA) is 107 Å². The molecular formula is C26H33ClN6O2. The van der Waals surface area contributed by atoms with E-state index in [-0.39, 0.29) is 18.0 Å². The molecule has 1 aliphatic heterocycles. The van der Waals surface area contributed by atoms with Gasteiger partial charge in [-0.1, -0.05) is 37.1 Å². The van der Waals surface area contributed by atoms with Crippen molar-refractivity contribution in [2.75, 3.05) is 20.2 Å². The van der Waals surface area contributed by atoms with Gasteiger partial charge in [-0.15, -0.1) is 10.2 Å². The standard InChI is InChI=1S/C26H33ClN6O2/c1-16(26(34)29-14-6-4-5-13-28)23-25-32-31-17(2)33(25)22-12-11-20(35-3)15-21(22)24(30-23)18-7-9-19(27)10-8-18/h7-12,15-16,23-24,30H,4-6,13-14,28H2,1-3H3,(H,29,34)/t16-,23+,24?/m1/s1. The average Bonchev–Trinajstić information content (AvgIpc) is 3.18. The Bertz CT molecular complexity index is 1160. The number of unbranched alkanes of at least 4 members (excludes halogenated alkanes) is 2. The second kappa shape index (κ2) is 11.2. The Morgan fingerprint density at radius 2 is 1.97 bits per heavy atom. The van der Waals surface area contributed by atoms with Crippen molar-refractivity contribution in [3.05, 3.63) is 70.3 Å². The number of nitrogens with one attached hydrogen (secondary N) is 2. The fourth-order valence-electron chi connectivity index (χ4n) is 4.59. The Hall–Kier alpha value is -2.94. The number of halogens is 1. The molecule has 4 N–H and O–H groups in total. The molecule has 3 atom stereocenters. The van der Waals surface area contributed by atoms with Crippen molar-refractivity contribution in [2.45, 2.75) is 45.2 Å². The number of aryl methyl sites for hydroxylation is 1. The second-order valence-electron chi connectivity index (χ2n) is 8.92. The Kier molecular flexibility index (Phi) is 8.05. The number of carbonyl (C=O) groups excluding carboxylic acids is 1. The van der Waals surface area contributed by atoms with Gasteiger partial charge in [0.05, 0.1) is 30.8 Å². The monoisotopic (exact) mass is 496 g/mol. The number of rotatable bonds is 9. The summed E-state index contributed by atoms with van der Waals surface area (Å²) in [6, 6.07) is 13.1. The van der Waals surface area contributed by atoms with Crippen molar-refractivity contribution in [2.24, 2.45) is 11.7 Å². The van der Waals surface area contributed by atoms with Crippen LogP contribution in [0.15, 0.2) is 42.5 Å². The number of amides is 1. The summed E-state index contributed by atoms with van der Waals surface area (Å²) >= 11 is 6.19. The first-order valence-electron chi connectivity index (χ1n) is 12.0. The molecule has 0 fully saturated rings. The largest absolute Gasteiger partial charge is 0.497 e. The van der Waals surface area contributed by atoms with Crippen LogP contribution < -0.4 is 21.1 Å². The first-order chi connectivity index (χ1) is 16.9. The van der Waals surface area contributed by atoms with Crippen molar-refractivity contribution in [3.8, 4) is 11.4 Å². The first-order valence-corrected chi connectivity index (χ1v) is 12.4. The minimum absolute atomic E-state index is 0.0270. The Balaban J connectivity index is 1.73. The summed E-state index contributed by atoms with van der Waals surface area (Å²) in [5.74, 6) is 1.79. The minimum Gasteiger partial charge on any atom is -0.497 e. The molecule has 35 heavy (non-hydrogen) atoms. The molecule has 2 aromatic carbocycles. The Labute approximate surface area is 211 Å². The lowest BCUT2D eigenvalue weighted by atomic mass is 9.94. The molecule has 2 heterocycles. The molecule has 1 aromatic heterocycles. The van der Waals surface area contributed by atoms with Crippen molar-refractivity contribution in [3.63, 3.8) is 0 Å². The SMILES string of the molecule is COc1ccc2c(c1)C(c1ccc(Cl)cc1)N[C@@H]([C@@H](C)C(=O)NCCCCCN)c1nnc(C)n1-2. The van der Waals surface area contributed by atoms with Crippen molar-refractivity contribution >= 4 is 17.5 Å². The van der Waals surface area contributed by atoms with Gasteiger partial charge < -0.3 is 15.8 Å². The molecule has 0 radical (unpaired) electrons. The molecule has 186 valence electrons. The quantitative estimate of drug-likeness (QED) is 0.388. The van der Waals surface area contributed by atoms with Gasteiger partial charge in [-0.3, -0.25) is 14.7 Å². The highest BCUT2D eigenvalue weighted by Crippen LogP contribution is 2.39. The summed E-state index contributed by atoms with van der Waals surface area (Å²) in [4.78, 5) is 13.2. The van der Waals surface area contributed by atoms with E-state index in [1.54, 1.807) is 7.11 Å². The maximum Gasteiger partial charge on any atom is 0.224 e. The summed E-state index contributed by atoms with van der Waals surface area (Å²) in [5, 5.41) is 16.3. The number of fused-ring (bicyclic) bond motifs is 3. The van der Waals surface area contributed by atoms with Crippen LogP contribution in [0.3, 0.4) is 0 Å². The highest BCUT2D eigenvalue weighted by atomic mass is 35.5. The van der Waals surface area contributed by atoms with Crippen LogP contribution in [0.25, 0.3) is 5.69 Å². The molecule has 4 rings (SSSR count). The highest BCUT2D eigenvalue weighted by Gasteiger charge is 2.37. The van der Waals surface area contributed by atoms with E-state index in [1.807, 2.05) is 60.9 Å². The summed E-state index contributed by atoms with van der Waals surface area (Å²) in [5.41, 5.74) is 8.56. The van der Waals surface area contributed by atoms with Gasteiger partial charge in [-0.05, 0) is 62.2 Å². The maximum absolute atomic E-state index is 13.2. The van der Waals surface area contributed by atoms with E-state index in [1.165, 1.54) is 0 Å². The van der Waals surface area contributed by atoms with E-state index in [0.717, 1.165) is 47.7 Å². The summed E-state index contributed by atoms with van der Waals surface area (Å²) in [6.45, 7) is 5.14. The van der Waals surface area contributed by atoms with Crippen LogP contribution in [0.1, 0.15) is 61.0 Å². The van der Waals surface area contributed by atoms with Gasteiger partial charge in [0, 0.05) is 17.1 Å². The van der Waals surface area contributed by atoms with E-state index >= 15 is 0 Å². The summed E-state index contributed by atoms with van der Waals surface area (Å²) in [6.07, 6.45) is 2.86. The summed E-state index contributed by atoms with van der Waals surface area (Å²) < 4.78 is 7.58. The van der Waals surface area contributed by atoms with E-state index in [0.29, 0.717) is 23.9 Å². The van der Waals surface area contributed by atoms with Crippen molar-refractivity contribution in [1.29, 1.82) is 0 Å². The molecule has 1 unspecified atom stereocenters. The molecule has 1 amide bonds. The zero-order valence-corrected chi connectivity index (χ0v) is 21.2. The highest BCUT2D eigenvalue weighted by molar-refractivity contribution is 6.30. The van der Waals surface area contributed by atoms with Crippen LogP contribution in [0.4, 0.5) is 0 Å². The fraction of sp³-hybridized carbons (Fsp3) is 0.423. The smallest absolute Gasteiger partial charge is 0.224 e. The van der Waals surface area contributed by atoms with Gasteiger partial charge in [-0.2, -0.15) is 0 Å². The van der Waals surface area contributed by atoms with Gasteiger partial charge in [0.25, 0.3) is 0 Å². The molecular weight excluding hydrogens is 464 g/mol. The van der Waals surface area contributed by atoms with E-state index in [4.69, 9.17) is 22.1 Å². The normalized spacial score (nSPS) is 17.7. The van der Waals surface area contributed by atoms with E-state index < -0.39 is 5.92 Å². The van der Waals surface area contributed by atoms with Crippen LogP contribution in [0.5, 0.6) is 5.75 Å². The third kappa shape index (κ3) is 5.34. The third-order valence-corrected chi connectivity index (χ3v) is 6.81. The van der Waals surface area contributed by atoms with Crippen LogP contribution in [0.2, 0.25) is 5.02 Å². The molecule has 1 aliphatic rings. The number of benzene rings is 2. The molecule has 0 aliphatic carbocycles. The minimum atomic E-state index is -0.391. The number of methoxy groups -OCH3 is 1. The number of aromatic nitrogens is 3. The van der Waals surface area contributed by atoms with E-state index in [2.05, 4.69) is 20.8 Å². The number of nitrogens with zero attached hydrogens (tertiary/aromatic N) is 3. The lowest BCUT2D eigenvalue weighted by Crippen LogP contribution is -2.40. The van der Waals surface area contributed by atoms with Gasteiger partial charge in [-0.25, -0.2) is 0 Å². The Morgan fingerprint density at radius 1 is 1.20 bits per heavy atom. The van der Waals surface area contributed by atoms with Gasteiger partial charge >= 0.3 is 0 Å². The van der Waals surface area contributed by atoms with Crippen LogP contribution >= 0.6 is 11.6 Å². The molecule has 0 bridgehead atoms. The van der Waals surface area contributed by atoms with Gasteiger partial charge in [0.15, 0.2) is 5.82 Å². The Morgan fingerprint density at radius 3 is 2.69 bits per heavy atom. The van der Waals surface area contributed by atoms with Crippen LogP contribution in [0, 0.1) is 12.8 Å². The van der Waals surface area contributed by atoms with Crippen molar-refractivity contribution < 1.29 is 9.53 Å². The summed E-state index contributed by atoms with van der Waals surface area (Å²) in [7, 11) is 1.65. The van der Waals surface area contributed by atoms with Crippen molar-refractivity contribution in [1.82, 2.24) is 25.4 Å². The first kappa shape index (κ1) is 25.2. The lowest BCUT2D eigenvalue weighted by molar-refractivity contribution is -0.125.